The molecular formula is C21H25F2N3O2S2. The first-order chi connectivity index (χ1) is 14.5. The van der Waals surface area contributed by atoms with E-state index in [-0.39, 0.29) is 6.04 Å². The minimum absolute atomic E-state index is 0.129. The van der Waals surface area contributed by atoms with E-state index in [1.54, 1.807) is 31.4 Å². The number of rotatable bonds is 8. The molecule has 2 aromatic rings. The third-order valence-electron chi connectivity index (χ3n) is 4.78. The van der Waals surface area contributed by atoms with Crippen LogP contribution in [0.25, 0.3) is 0 Å². The standard InChI is InChI=1S/C21H25F2N3O2S2/c1-27-17-6-2-15(3-7-17)19(26-10-12-28-13-11-26)14-24-21(29)25-16-4-8-18(9-5-16)30-20(22)23/h2-9,19-20H,10-14H2,1H3,(H2,24,25,29). The highest BCUT2D eigenvalue weighted by atomic mass is 32.2. The number of nitrogens with one attached hydrogen (secondary N) is 2. The van der Waals surface area contributed by atoms with Crippen LogP contribution in [0, 0.1) is 0 Å². The van der Waals surface area contributed by atoms with Crippen LogP contribution in [-0.2, 0) is 4.74 Å². The number of morpholine rings is 1. The fourth-order valence-corrected chi connectivity index (χ4v) is 3.96. The molecule has 1 heterocycles. The average Bonchev–Trinajstić information content (AvgIpc) is 2.76. The van der Waals surface area contributed by atoms with Crippen molar-refractivity contribution < 1.29 is 18.3 Å². The highest BCUT2D eigenvalue weighted by molar-refractivity contribution is 7.99. The molecule has 1 aliphatic heterocycles. The van der Waals surface area contributed by atoms with Gasteiger partial charge in [0.2, 0.25) is 0 Å². The molecule has 30 heavy (non-hydrogen) atoms. The summed E-state index contributed by atoms with van der Waals surface area (Å²) in [7, 11) is 1.65. The van der Waals surface area contributed by atoms with E-state index in [9.17, 15) is 8.78 Å². The summed E-state index contributed by atoms with van der Waals surface area (Å²) in [5.74, 6) is -1.61. The molecule has 0 spiro atoms. The Morgan fingerprint density at radius 1 is 1.13 bits per heavy atom. The summed E-state index contributed by atoms with van der Waals surface area (Å²) < 4.78 is 35.6. The Morgan fingerprint density at radius 3 is 2.40 bits per heavy atom. The van der Waals surface area contributed by atoms with E-state index in [0.717, 1.165) is 24.5 Å². The van der Waals surface area contributed by atoms with Gasteiger partial charge in [-0.2, -0.15) is 8.78 Å². The molecule has 0 bridgehead atoms. The molecule has 1 unspecified atom stereocenters. The fraction of sp³-hybridized carbons (Fsp3) is 0.381. The minimum Gasteiger partial charge on any atom is -0.497 e. The number of hydrogen-bond donors (Lipinski definition) is 2. The van der Waals surface area contributed by atoms with Crippen LogP contribution in [0.2, 0.25) is 0 Å². The number of methoxy groups -OCH3 is 1. The van der Waals surface area contributed by atoms with Crippen molar-refractivity contribution in [2.45, 2.75) is 16.7 Å². The van der Waals surface area contributed by atoms with Gasteiger partial charge in [0.25, 0.3) is 5.76 Å². The highest BCUT2D eigenvalue weighted by Gasteiger charge is 2.23. The van der Waals surface area contributed by atoms with Crippen molar-refractivity contribution in [3.8, 4) is 5.75 Å². The van der Waals surface area contributed by atoms with Crippen LogP contribution in [-0.4, -0.2) is 55.7 Å². The Morgan fingerprint density at radius 2 is 1.80 bits per heavy atom. The van der Waals surface area contributed by atoms with E-state index >= 15 is 0 Å². The summed E-state index contributed by atoms with van der Waals surface area (Å²) in [6.45, 7) is 3.73. The minimum atomic E-state index is -2.43. The Bertz CT molecular complexity index is 801. The first-order valence-electron chi connectivity index (χ1n) is 9.60. The van der Waals surface area contributed by atoms with Gasteiger partial charge in [-0.05, 0) is 54.2 Å². The zero-order chi connectivity index (χ0) is 21.3. The molecule has 1 aliphatic rings. The normalized spacial score (nSPS) is 15.6. The molecule has 2 N–H and O–H groups in total. The lowest BCUT2D eigenvalue weighted by molar-refractivity contribution is 0.0170. The molecule has 2 aromatic carbocycles. The number of thiocarbonyl (C=S) groups is 1. The van der Waals surface area contributed by atoms with Crippen molar-refractivity contribution in [1.29, 1.82) is 0 Å². The highest BCUT2D eigenvalue weighted by Crippen LogP contribution is 2.26. The predicted octanol–water partition coefficient (Wildman–Crippen LogP) is 4.37. The maximum absolute atomic E-state index is 12.4. The monoisotopic (exact) mass is 453 g/mol. The topological polar surface area (TPSA) is 45.8 Å². The number of anilines is 1. The SMILES string of the molecule is COc1ccc(C(CNC(=S)Nc2ccc(SC(F)F)cc2)N2CCOCC2)cc1. The summed E-state index contributed by atoms with van der Waals surface area (Å²) in [5, 5.41) is 6.88. The first kappa shape index (κ1) is 22.7. The van der Waals surface area contributed by atoms with Gasteiger partial charge in [-0.25, -0.2) is 0 Å². The third-order valence-corrected chi connectivity index (χ3v) is 5.75. The average molecular weight is 454 g/mol. The van der Waals surface area contributed by atoms with Crippen LogP contribution in [0.3, 0.4) is 0 Å². The van der Waals surface area contributed by atoms with Crippen LogP contribution < -0.4 is 15.4 Å². The Hall–Kier alpha value is -1.94. The number of halogens is 2. The second-order valence-electron chi connectivity index (χ2n) is 6.68. The predicted molar refractivity (Wildman–Crippen MR) is 121 cm³/mol. The van der Waals surface area contributed by atoms with Crippen LogP contribution >= 0.6 is 24.0 Å². The largest absolute Gasteiger partial charge is 0.497 e. The molecule has 9 heteroatoms. The van der Waals surface area contributed by atoms with E-state index < -0.39 is 5.76 Å². The van der Waals surface area contributed by atoms with Gasteiger partial charge in [0, 0.05) is 30.2 Å². The van der Waals surface area contributed by atoms with Gasteiger partial charge in [-0.15, -0.1) is 0 Å². The Kier molecular flexibility index (Phi) is 8.68. The van der Waals surface area contributed by atoms with E-state index in [0.29, 0.717) is 41.5 Å². The van der Waals surface area contributed by atoms with Gasteiger partial charge in [-0.3, -0.25) is 4.90 Å². The molecule has 0 aliphatic carbocycles. The van der Waals surface area contributed by atoms with Crippen molar-refractivity contribution in [1.82, 2.24) is 10.2 Å². The smallest absolute Gasteiger partial charge is 0.288 e. The maximum Gasteiger partial charge on any atom is 0.288 e. The lowest BCUT2D eigenvalue weighted by Crippen LogP contribution is -2.44. The van der Waals surface area contributed by atoms with Crippen molar-refractivity contribution >= 4 is 34.8 Å². The number of thioether (sulfide) groups is 1. The molecule has 162 valence electrons. The Labute approximate surface area is 185 Å². The number of hydrogen-bond acceptors (Lipinski definition) is 5. The summed E-state index contributed by atoms with van der Waals surface area (Å²) in [5.41, 5.74) is 1.92. The van der Waals surface area contributed by atoms with Crippen LogP contribution in [0.4, 0.5) is 14.5 Å². The van der Waals surface area contributed by atoms with E-state index in [4.69, 9.17) is 21.7 Å². The lowest BCUT2D eigenvalue weighted by atomic mass is 10.0. The van der Waals surface area contributed by atoms with E-state index in [1.807, 2.05) is 12.1 Å². The van der Waals surface area contributed by atoms with E-state index in [1.165, 1.54) is 5.56 Å². The second kappa shape index (κ2) is 11.5. The molecule has 3 rings (SSSR count). The molecule has 0 amide bonds. The summed E-state index contributed by atoms with van der Waals surface area (Å²) in [6, 6.07) is 14.9. The second-order valence-corrected chi connectivity index (χ2v) is 8.15. The summed E-state index contributed by atoms with van der Waals surface area (Å²) in [4.78, 5) is 2.89. The number of nitrogens with zero attached hydrogens (tertiary/aromatic N) is 1. The van der Waals surface area contributed by atoms with Crippen LogP contribution in [0.5, 0.6) is 5.75 Å². The van der Waals surface area contributed by atoms with Crippen LogP contribution in [0.1, 0.15) is 11.6 Å². The van der Waals surface area contributed by atoms with Gasteiger partial charge in [0.15, 0.2) is 5.11 Å². The molecule has 0 radical (unpaired) electrons. The van der Waals surface area contributed by atoms with Gasteiger partial charge < -0.3 is 20.1 Å². The van der Waals surface area contributed by atoms with Gasteiger partial charge in [0.1, 0.15) is 5.75 Å². The summed E-state index contributed by atoms with van der Waals surface area (Å²) in [6.07, 6.45) is 0. The zero-order valence-electron chi connectivity index (χ0n) is 16.6. The van der Waals surface area contributed by atoms with Crippen molar-refractivity contribution in [3.63, 3.8) is 0 Å². The molecule has 5 nitrogen and oxygen atoms in total. The van der Waals surface area contributed by atoms with Gasteiger partial charge in [-0.1, -0.05) is 23.9 Å². The quantitative estimate of drug-likeness (QED) is 0.455. The number of ether oxygens (including phenoxy) is 2. The summed E-state index contributed by atoms with van der Waals surface area (Å²) >= 11 is 5.96. The molecule has 0 aromatic heterocycles. The van der Waals surface area contributed by atoms with Crippen molar-refractivity contribution in [2.75, 3.05) is 45.3 Å². The molecule has 1 atom stereocenters. The van der Waals surface area contributed by atoms with Crippen molar-refractivity contribution in [2.24, 2.45) is 0 Å². The zero-order valence-corrected chi connectivity index (χ0v) is 18.3. The third kappa shape index (κ3) is 6.80. The number of alkyl halides is 2. The number of benzene rings is 2. The van der Waals surface area contributed by atoms with E-state index in [2.05, 4.69) is 27.7 Å². The molecule has 1 saturated heterocycles. The molecule has 1 fully saturated rings. The fourth-order valence-electron chi connectivity index (χ4n) is 3.26. The first-order valence-corrected chi connectivity index (χ1v) is 10.9. The molecule has 0 saturated carbocycles. The molecular weight excluding hydrogens is 428 g/mol. The lowest BCUT2D eigenvalue weighted by Gasteiger charge is -2.35. The van der Waals surface area contributed by atoms with Crippen molar-refractivity contribution in [3.05, 3.63) is 54.1 Å². The van der Waals surface area contributed by atoms with Gasteiger partial charge in [0.05, 0.1) is 26.4 Å². The Balaban J connectivity index is 1.60. The van der Waals surface area contributed by atoms with Gasteiger partial charge >= 0.3 is 0 Å². The van der Waals surface area contributed by atoms with Crippen LogP contribution in [0.15, 0.2) is 53.4 Å². The maximum atomic E-state index is 12.4.